The van der Waals surface area contributed by atoms with Crippen LogP contribution >= 0.6 is 0 Å². The van der Waals surface area contributed by atoms with Crippen molar-refractivity contribution in [3.63, 3.8) is 0 Å². The lowest BCUT2D eigenvalue weighted by Gasteiger charge is -2.06. The summed E-state index contributed by atoms with van der Waals surface area (Å²) in [4.78, 5) is 0. The van der Waals surface area contributed by atoms with Gasteiger partial charge in [0.15, 0.2) is 0 Å². The molecular weight excluding hydrogens is 280 g/mol. The molecule has 0 saturated carbocycles. The Labute approximate surface area is 138 Å². The van der Waals surface area contributed by atoms with Crippen LogP contribution in [0.15, 0.2) is 60.8 Å². The fourth-order valence-electron chi connectivity index (χ4n) is 3.18. The van der Waals surface area contributed by atoms with Crippen LogP contribution in [0.5, 0.6) is 0 Å². The van der Waals surface area contributed by atoms with Crippen molar-refractivity contribution >= 4 is 16.6 Å². The number of fused-ring (bicyclic) bond motifs is 1. The third-order valence-electron chi connectivity index (χ3n) is 4.51. The van der Waals surface area contributed by atoms with Gasteiger partial charge in [-0.15, -0.1) is 0 Å². The SMILES string of the molecule is Nc1ccc2ccn(CCCCCCCc3ccccc3)c2c1. The first-order valence-electron chi connectivity index (χ1n) is 8.71. The standard InChI is InChI=1S/C21H26N2/c22-20-13-12-19-14-16-23(21(19)17-20)15-8-3-1-2-5-9-18-10-6-4-7-11-18/h4,6-7,10-14,16-17H,1-3,5,8-9,15,22H2. The van der Waals surface area contributed by atoms with Gasteiger partial charge in [0, 0.05) is 18.4 Å². The monoisotopic (exact) mass is 306 g/mol. The van der Waals surface area contributed by atoms with Crippen LogP contribution < -0.4 is 5.73 Å². The van der Waals surface area contributed by atoms with Crippen molar-refractivity contribution in [2.45, 2.75) is 45.1 Å². The van der Waals surface area contributed by atoms with E-state index in [2.05, 4.69) is 59.3 Å². The van der Waals surface area contributed by atoms with Crippen LogP contribution in [0, 0.1) is 0 Å². The third kappa shape index (κ3) is 4.38. The van der Waals surface area contributed by atoms with Gasteiger partial charge in [-0.05, 0) is 48.4 Å². The Bertz CT molecular complexity index is 728. The molecule has 2 heteroatoms. The molecule has 0 fully saturated rings. The molecule has 1 heterocycles. The minimum Gasteiger partial charge on any atom is -0.399 e. The minimum absolute atomic E-state index is 0.846. The Balaban J connectivity index is 1.36. The molecule has 0 aliphatic heterocycles. The van der Waals surface area contributed by atoms with E-state index in [9.17, 15) is 0 Å². The molecule has 3 rings (SSSR count). The van der Waals surface area contributed by atoms with Gasteiger partial charge in [0.25, 0.3) is 0 Å². The lowest BCUT2D eigenvalue weighted by molar-refractivity contribution is 0.568. The van der Waals surface area contributed by atoms with Crippen molar-refractivity contribution in [3.8, 4) is 0 Å². The summed E-state index contributed by atoms with van der Waals surface area (Å²) in [6.45, 7) is 1.09. The molecule has 0 atom stereocenters. The molecule has 0 aliphatic rings. The van der Waals surface area contributed by atoms with E-state index in [1.54, 1.807) is 0 Å². The van der Waals surface area contributed by atoms with Crippen molar-refractivity contribution in [2.24, 2.45) is 0 Å². The van der Waals surface area contributed by atoms with Crippen LogP contribution in [0.25, 0.3) is 10.9 Å². The van der Waals surface area contributed by atoms with Crippen LogP contribution in [0.1, 0.15) is 37.7 Å². The maximum Gasteiger partial charge on any atom is 0.0500 e. The molecule has 2 N–H and O–H groups in total. The van der Waals surface area contributed by atoms with Crippen LogP contribution in [0.2, 0.25) is 0 Å². The summed E-state index contributed by atoms with van der Waals surface area (Å²) < 4.78 is 2.33. The topological polar surface area (TPSA) is 30.9 Å². The Morgan fingerprint density at radius 3 is 2.43 bits per heavy atom. The van der Waals surface area contributed by atoms with Crippen molar-refractivity contribution in [2.75, 3.05) is 5.73 Å². The lowest BCUT2D eigenvalue weighted by atomic mass is 10.1. The Kier molecular flexibility index (Phi) is 5.36. The lowest BCUT2D eigenvalue weighted by Crippen LogP contribution is -1.96. The number of rotatable bonds is 8. The molecule has 0 bridgehead atoms. The second-order valence-corrected chi connectivity index (χ2v) is 6.33. The number of unbranched alkanes of at least 4 members (excludes halogenated alkanes) is 4. The number of nitrogen functional groups attached to an aromatic ring is 1. The fourth-order valence-corrected chi connectivity index (χ4v) is 3.18. The molecule has 1 aromatic heterocycles. The number of aryl methyl sites for hydroxylation is 2. The molecule has 120 valence electrons. The summed E-state index contributed by atoms with van der Waals surface area (Å²) in [6, 6.07) is 19.1. The van der Waals surface area contributed by atoms with E-state index < -0.39 is 0 Å². The van der Waals surface area contributed by atoms with E-state index in [-0.39, 0.29) is 0 Å². The van der Waals surface area contributed by atoms with Crippen molar-refractivity contribution in [3.05, 3.63) is 66.4 Å². The van der Waals surface area contributed by atoms with Crippen LogP contribution in [0.3, 0.4) is 0 Å². The van der Waals surface area contributed by atoms with Gasteiger partial charge < -0.3 is 10.3 Å². The molecule has 23 heavy (non-hydrogen) atoms. The average Bonchev–Trinajstić information content (AvgIpc) is 2.97. The maximum absolute atomic E-state index is 5.90. The highest BCUT2D eigenvalue weighted by Gasteiger charge is 2.01. The first kappa shape index (κ1) is 15.7. The normalized spacial score (nSPS) is 11.1. The smallest absolute Gasteiger partial charge is 0.0500 e. The molecule has 3 aromatic rings. The molecule has 0 saturated heterocycles. The molecule has 2 nitrogen and oxygen atoms in total. The zero-order chi connectivity index (χ0) is 15.9. The predicted octanol–water partition coefficient (Wildman–Crippen LogP) is 5.42. The highest BCUT2D eigenvalue weighted by Crippen LogP contribution is 2.19. The largest absolute Gasteiger partial charge is 0.399 e. The second kappa shape index (κ2) is 7.87. The maximum atomic E-state index is 5.90. The quantitative estimate of drug-likeness (QED) is 0.437. The van der Waals surface area contributed by atoms with E-state index in [0.29, 0.717) is 0 Å². The molecule has 0 radical (unpaired) electrons. The summed E-state index contributed by atoms with van der Waals surface area (Å²) in [5.41, 5.74) is 9.46. The van der Waals surface area contributed by atoms with E-state index in [1.807, 2.05) is 6.07 Å². The molecule has 0 amide bonds. The first-order chi connectivity index (χ1) is 11.3. The summed E-state index contributed by atoms with van der Waals surface area (Å²) in [5, 5.41) is 1.28. The number of hydrogen-bond acceptors (Lipinski definition) is 1. The fraction of sp³-hybridized carbons (Fsp3) is 0.333. The number of aromatic nitrogens is 1. The zero-order valence-corrected chi connectivity index (χ0v) is 13.7. The van der Waals surface area contributed by atoms with E-state index in [1.165, 1.54) is 55.0 Å². The molecule has 0 aliphatic carbocycles. The highest BCUT2D eigenvalue weighted by atomic mass is 14.9. The average molecular weight is 306 g/mol. The van der Waals surface area contributed by atoms with Gasteiger partial charge in [-0.3, -0.25) is 0 Å². The number of nitrogens with zero attached hydrogens (tertiary/aromatic N) is 1. The minimum atomic E-state index is 0.846. The van der Waals surface area contributed by atoms with Gasteiger partial charge in [-0.1, -0.05) is 55.7 Å². The van der Waals surface area contributed by atoms with Crippen LogP contribution in [-0.4, -0.2) is 4.57 Å². The van der Waals surface area contributed by atoms with Crippen molar-refractivity contribution in [1.29, 1.82) is 0 Å². The number of nitrogens with two attached hydrogens (primary N) is 1. The van der Waals surface area contributed by atoms with Gasteiger partial charge in [0.05, 0.1) is 5.52 Å². The van der Waals surface area contributed by atoms with Crippen molar-refractivity contribution < 1.29 is 0 Å². The Morgan fingerprint density at radius 1 is 0.783 bits per heavy atom. The van der Waals surface area contributed by atoms with Gasteiger partial charge in [0.1, 0.15) is 0 Å². The number of benzene rings is 2. The van der Waals surface area contributed by atoms with Gasteiger partial charge in [0.2, 0.25) is 0 Å². The first-order valence-corrected chi connectivity index (χ1v) is 8.71. The van der Waals surface area contributed by atoms with Gasteiger partial charge >= 0.3 is 0 Å². The highest BCUT2D eigenvalue weighted by molar-refractivity contribution is 5.83. The number of anilines is 1. The second-order valence-electron chi connectivity index (χ2n) is 6.33. The Hall–Kier alpha value is -2.22. The zero-order valence-electron chi connectivity index (χ0n) is 13.7. The van der Waals surface area contributed by atoms with Gasteiger partial charge in [-0.25, -0.2) is 0 Å². The number of hydrogen-bond donors (Lipinski definition) is 1. The molecule has 2 aromatic carbocycles. The van der Waals surface area contributed by atoms with Crippen molar-refractivity contribution in [1.82, 2.24) is 4.57 Å². The molecule has 0 spiro atoms. The van der Waals surface area contributed by atoms with Crippen LogP contribution in [0.4, 0.5) is 5.69 Å². The van der Waals surface area contributed by atoms with E-state index >= 15 is 0 Å². The Morgan fingerprint density at radius 2 is 1.57 bits per heavy atom. The van der Waals surface area contributed by atoms with E-state index in [4.69, 9.17) is 5.73 Å². The summed E-state index contributed by atoms with van der Waals surface area (Å²) in [7, 11) is 0. The predicted molar refractivity (Wildman–Crippen MR) is 99.6 cm³/mol. The van der Waals surface area contributed by atoms with Gasteiger partial charge in [-0.2, -0.15) is 0 Å². The summed E-state index contributed by atoms with van der Waals surface area (Å²) >= 11 is 0. The van der Waals surface area contributed by atoms with Crippen LogP contribution in [-0.2, 0) is 13.0 Å². The summed E-state index contributed by atoms with van der Waals surface area (Å²) in [6.07, 6.45) is 9.89. The molecule has 0 unspecified atom stereocenters. The van der Waals surface area contributed by atoms with E-state index in [0.717, 1.165) is 12.2 Å². The summed E-state index contributed by atoms with van der Waals surface area (Å²) in [5.74, 6) is 0. The third-order valence-corrected chi connectivity index (χ3v) is 4.51. The molecular formula is C21H26N2.